The number of nitrogens with two attached hydrogens (primary N) is 1. The number of rotatable bonds is 6. The van der Waals surface area contributed by atoms with Crippen LogP contribution < -0.4 is 10.5 Å². The van der Waals surface area contributed by atoms with Crippen molar-refractivity contribution < 1.29 is 17.7 Å². The summed E-state index contributed by atoms with van der Waals surface area (Å²) >= 11 is 0. The molecule has 1 aliphatic carbocycles. The topological polar surface area (TPSA) is 131 Å². The minimum absolute atomic E-state index is 0.0173. The van der Waals surface area contributed by atoms with Crippen molar-refractivity contribution >= 4 is 21.6 Å². The lowest BCUT2D eigenvalue weighted by atomic mass is 9.95. The summed E-state index contributed by atoms with van der Waals surface area (Å²) in [5.41, 5.74) is 0.552. The number of amides is 1. The van der Waals surface area contributed by atoms with Gasteiger partial charge in [0.2, 0.25) is 21.8 Å². The van der Waals surface area contributed by atoms with Gasteiger partial charge < -0.3 is 9.84 Å². The van der Waals surface area contributed by atoms with E-state index < -0.39 is 10.0 Å². The predicted octanol–water partition coefficient (Wildman–Crippen LogP) is 2.01. The van der Waals surface area contributed by atoms with Crippen molar-refractivity contribution in [3.8, 4) is 0 Å². The molecule has 1 saturated carbocycles. The Labute approximate surface area is 169 Å². The Hall–Kier alpha value is -2.30. The molecule has 0 spiro atoms. The number of aromatic nitrogens is 2. The number of likely N-dealkylation sites (tertiary alicyclic amines) is 1. The van der Waals surface area contributed by atoms with Crippen molar-refractivity contribution in [2.45, 2.75) is 49.5 Å². The fourth-order valence-corrected chi connectivity index (χ4v) is 4.12. The lowest BCUT2D eigenvalue weighted by Gasteiger charge is -2.33. The smallest absolute Gasteiger partial charge is 0.243 e. The molecule has 1 aromatic carbocycles. The maximum atomic E-state index is 12.6. The Morgan fingerprint density at radius 3 is 2.45 bits per heavy atom. The number of carbonyl (C=O) groups is 1. The molecule has 4 rings (SSSR count). The first-order valence-corrected chi connectivity index (χ1v) is 11.4. The molecule has 1 saturated heterocycles. The predicted molar refractivity (Wildman–Crippen MR) is 105 cm³/mol. The maximum absolute atomic E-state index is 12.6. The van der Waals surface area contributed by atoms with Crippen LogP contribution in [0.4, 0.5) is 5.69 Å². The summed E-state index contributed by atoms with van der Waals surface area (Å²) in [6.07, 6.45) is 3.74. The van der Waals surface area contributed by atoms with Gasteiger partial charge in [0.1, 0.15) is 0 Å². The molecule has 156 valence electrons. The van der Waals surface area contributed by atoms with Gasteiger partial charge in [-0.05, 0) is 70.0 Å². The molecule has 2 heterocycles. The molecule has 0 unspecified atom stereocenters. The largest absolute Gasteiger partial charge is 0.338 e. The summed E-state index contributed by atoms with van der Waals surface area (Å²) in [6.45, 7) is 3.59. The summed E-state index contributed by atoms with van der Waals surface area (Å²) in [5.74, 6) is 1.77. The van der Waals surface area contributed by atoms with E-state index >= 15 is 0 Å². The van der Waals surface area contributed by atoms with Gasteiger partial charge in [-0.15, -0.1) is 0 Å². The second-order valence-electron chi connectivity index (χ2n) is 7.81. The van der Waals surface area contributed by atoms with Gasteiger partial charge in [0.25, 0.3) is 0 Å². The van der Waals surface area contributed by atoms with E-state index in [2.05, 4.69) is 27.3 Å². The van der Waals surface area contributed by atoms with Gasteiger partial charge in [0.05, 0.1) is 10.9 Å². The van der Waals surface area contributed by atoms with Crippen molar-refractivity contribution in [3.05, 3.63) is 36.0 Å². The van der Waals surface area contributed by atoms with Gasteiger partial charge in [0, 0.05) is 17.5 Å². The van der Waals surface area contributed by atoms with E-state index in [4.69, 9.17) is 9.66 Å². The summed E-state index contributed by atoms with van der Waals surface area (Å²) in [4.78, 5) is 19.4. The van der Waals surface area contributed by atoms with Crippen LogP contribution in [0.25, 0.3) is 0 Å². The number of carbonyl (C=O) groups excluding carboxylic acids is 1. The number of piperidine rings is 1. The van der Waals surface area contributed by atoms with Crippen molar-refractivity contribution in [1.82, 2.24) is 15.0 Å². The minimum atomic E-state index is -3.74. The van der Waals surface area contributed by atoms with E-state index in [1.54, 1.807) is 12.1 Å². The maximum Gasteiger partial charge on any atom is 0.243 e. The molecule has 0 radical (unpaired) electrons. The van der Waals surface area contributed by atoms with Crippen LogP contribution >= 0.6 is 0 Å². The van der Waals surface area contributed by atoms with Crippen LogP contribution in [-0.2, 0) is 14.8 Å². The highest BCUT2D eigenvalue weighted by molar-refractivity contribution is 7.89. The molecule has 1 aliphatic heterocycles. The standard InChI is InChI=1S/C19H25N5O4S/c1-12(19-22-17(23-28-19)13-2-3-13)24-10-8-14(9-11-24)18(25)21-15-4-6-16(7-5-15)29(20,26)27/h4-7,12-14H,2-3,8-11H2,1H3,(H,21,25)(H2,20,26,27)/t12-/m1/s1. The third-order valence-corrected chi connectivity index (χ3v) is 6.59. The Kier molecular flexibility index (Phi) is 5.41. The van der Waals surface area contributed by atoms with Gasteiger partial charge in [0.15, 0.2) is 5.82 Å². The Morgan fingerprint density at radius 2 is 1.86 bits per heavy atom. The number of hydrogen-bond acceptors (Lipinski definition) is 7. The van der Waals surface area contributed by atoms with Gasteiger partial charge in [-0.3, -0.25) is 9.69 Å². The molecule has 0 bridgehead atoms. The molecule has 10 heteroatoms. The summed E-state index contributed by atoms with van der Waals surface area (Å²) in [7, 11) is -3.74. The Balaban J connectivity index is 1.29. The summed E-state index contributed by atoms with van der Waals surface area (Å²) in [6, 6.07) is 5.89. The monoisotopic (exact) mass is 419 g/mol. The SMILES string of the molecule is C[C@H](c1nc(C2CC2)no1)N1CCC(C(=O)Nc2ccc(S(N)(=O)=O)cc2)CC1. The van der Waals surface area contributed by atoms with E-state index in [0.29, 0.717) is 17.5 Å². The summed E-state index contributed by atoms with van der Waals surface area (Å²) in [5, 5.41) is 12.0. The first-order valence-electron chi connectivity index (χ1n) is 9.82. The molecule has 3 N–H and O–H groups in total. The molecule has 29 heavy (non-hydrogen) atoms. The van der Waals surface area contributed by atoms with E-state index in [-0.39, 0.29) is 22.8 Å². The van der Waals surface area contributed by atoms with Gasteiger partial charge in [-0.1, -0.05) is 5.16 Å². The number of nitrogens with zero attached hydrogens (tertiary/aromatic N) is 3. The Morgan fingerprint density at radius 1 is 1.21 bits per heavy atom. The van der Waals surface area contributed by atoms with E-state index in [1.807, 2.05) is 0 Å². The zero-order valence-corrected chi connectivity index (χ0v) is 17.1. The van der Waals surface area contributed by atoms with Gasteiger partial charge >= 0.3 is 0 Å². The van der Waals surface area contributed by atoms with Crippen LogP contribution in [-0.4, -0.2) is 42.5 Å². The van der Waals surface area contributed by atoms with Crippen molar-refractivity contribution in [1.29, 1.82) is 0 Å². The second-order valence-corrected chi connectivity index (χ2v) is 9.37. The lowest BCUT2D eigenvalue weighted by molar-refractivity contribution is -0.121. The highest BCUT2D eigenvalue weighted by Crippen LogP contribution is 2.39. The van der Waals surface area contributed by atoms with Crippen LogP contribution in [0.2, 0.25) is 0 Å². The summed E-state index contributed by atoms with van der Waals surface area (Å²) < 4.78 is 28.1. The molecule has 2 aromatic rings. The van der Waals surface area contributed by atoms with E-state index in [0.717, 1.165) is 44.6 Å². The number of sulfonamides is 1. The minimum Gasteiger partial charge on any atom is -0.338 e. The third kappa shape index (κ3) is 4.65. The van der Waals surface area contributed by atoms with Crippen molar-refractivity contribution in [2.24, 2.45) is 11.1 Å². The number of anilines is 1. The van der Waals surface area contributed by atoms with Crippen LogP contribution in [0.15, 0.2) is 33.7 Å². The number of hydrogen-bond donors (Lipinski definition) is 2. The average Bonchev–Trinajstić information content (AvgIpc) is 3.44. The van der Waals surface area contributed by atoms with Gasteiger partial charge in [-0.25, -0.2) is 13.6 Å². The van der Waals surface area contributed by atoms with E-state index in [1.165, 1.54) is 12.1 Å². The third-order valence-electron chi connectivity index (χ3n) is 5.66. The zero-order chi connectivity index (χ0) is 20.6. The molecular weight excluding hydrogens is 394 g/mol. The molecule has 1 aromatic heterocycles. The highest BCUT2D eigenvalue weighted by atomic mass is 32.2. The molecule has 1 atom stereocenters. The fraction of sp³-hybridized carbons (Fsp3) is 0.526. The van der Waals surface area contributed by atoms with E-state index in [9.17, 15) is 13.2 Å². The normalized spacial score (nSPS) is 19.8. The zero-order valence-electron chi connectivity index (χ0n) is 16.2. The number of nitrogens with one attached hydrogen (secondary N) is 1. The lowest BCUT2D eigenvalue weighted by Crippen LogP contribution is -2.39. The van der Waals surface area contributed by atoms with Crippen LogP contribution in [0.3, 0.4) is 0 Å². The molecule has 2 aliphatic rings. The highest BCUT2D eigenvalue weighted by Gasteiger charge is 2.32. The fourth-order valence-electron chi connectivity index (χ4n) is 3.60. The number of benzene rings is 1. The Bertz CT molecular complexity index is 976. The quantitative estimate of drug-likeness (QED) is 0.732. The number of primary sulfonamides is 1. The van der Waals surface area contributed by atoms with Crippen molar-refractivity contribution in [3.63, 3.8) is 0 Å². The van der Waals surface area contributed by atoms with Crippen LogP contribution in [0, 0.1) is 5.92 Å². The average molecular weight is 420 g/mol. The van der Waals surface area contributed by atoms with Crippen molar-refractivity contribution in [2.75, 3.05) is 18.4 Å². The first-order chi connectivity index (χ1) is 13.8. The molecular formula is C19H25N5O4S. The first kappa shape index (κ1) is 20.0. The van der Waals surface area contributed by atoms with Gasteiger partial charge in [-0.2, -0.15) is 4.98 Å². The van der Waals surface area contributed by atoms with Crippen LogP contribution in [0.1, 0.15) is 56.3 Å². The molecule has 9 nitrogen and oxygen atoms in total. The molecule has 2 fully saturated rings. The second kappa shape index (κ2) is 7.85. The van der Waals surface area contributed by atoms with Crippen LogP contribution in [0.5, 0.6) is 0 Å². The molecule has 1 amide bonds.